The van der Waals surface area contributed by atoms with Crippen molar-refractivity contribution < 1.29 is 19.1 Å². The van der Waals surface area contributed by atoms with Gasteiger partial charge in [-0.05, 0) is 66.7 Å². The van der Waals surface area contributed by atoms with Crippen molar-refractivity contribution in [2.45, 2.75) is 0 Å². The van der Waals surface area contributed by atoms with Gasteiger partial charge in [0, 0.05) is 11.1 Å². The Morgan fingerprint density at radius 1 is 0.676 bits per heavy atom. The number of hydrogen-bond donors (Lipinski definition) is 3. The first-order valence-corrected chi connectivity index (χ1v) is 10.5. The largest absolute Gasteiger partial charge is 0.497 e. The van der Waals surface area contributed by atoms with Gasteiger partial charge in [0.15, 0.2) is 5.75 Å². The van der Waals surface area contributed by atoms with Crippen molar-refractivity contribution in [3.8, 4) is 17.2 Å². The molecule has 0 unspecified atom stereocenters. The van der Waals surface area contributed by atoms with Crippen LogP contribution in [-0.2, 0) is 0 Å². The molecule has 0 bridgehead atoms. The molecule has 0 radical (unpaired) electrons. The van der Waals surface area contributed by atoms with Crippen molar-refractivity contribution in [1.29, 1.82) is 0 Å². The number of methoxy groups -OCH3 is 1. The minimum atomic E-state index is -0.371. The monoisotopic (exact) mass is 453 g/mol. The highest BCUT2D eigenvalue weighted by molar-refractivity contribution is 6.09. The number of carbonyl (C=O) groups excluding carboxylic acids is 2. The van der Waals surface area contributed by atoms with Gasteiger partial charge >= 0.3 is 0 Å². The first-order chi connectivity index (χ1) is 16.5. The van der Waals surface area contributed by atoms with Crippen molar-refractivity contribution in [3.63, 3.8) is 0 Å². The molecule has 0 aliphatic heterocycles. The summed E-state index contributed by atoms with van der Waals surface area (Å²) in [4.78, 5) is 25.6. The average Bonchev–Trinajstić information content (AvgIpc) is 2.87. The number of hydrogen-bond acceptors (Lipinski definition) is 5. The van der Waals surface area contributed by atoms with Crippen LogP contribution in [0.3, 0.4) is 0 Å². The lowest BCUT2D eigenvalue weighted by Crippen LogP contribution is -2.16. The molecular formula is C27H23N3O4. The topological polar surface area (TPSA) is 103 Å². The molecule has 0 saturated carbocycles. The van der Waals surface area contributed by atoms with Crippen LogP contribution >= 0.6 is 0 Å². The molecule has 0 atom stereocenters. The number of anilines is 3. The van der Waals surface area contributed by atoms with Crippen LogP contribution in [0.4, 0.5) is 17.1 Å². The van der Waals surface area contributed by atoms with Gasteiger partial charge in [-0.1, -0.05) is 30.3 Å². The smallest absolute Gasteiger partial charge is 0.255 e. The summed E-state index contributed by atoms with van der Waals surface area (Å²) in [7, 11) is 1.55. The molecule has 4 N–H and O–H groups in total. The summed E-state index contributed by atoms with van der Waals surface area (Å²) in [6, 6.07) is 27.8. The van der Waals surface area contributed by atoms with E-state index in [1.165, 1.54) is 6.07 Å². The molecule has 4 aromatic carbocycles. The van der Waals surface area contributed by atoms with Crippen molar-refractivity contribution in [1.82, 2.24) is 0 Å². The van der Waals surface area contributed by atoms with Gasteiger partial charge in [0.25, 0.3) is 11.8 Å². The molecule has 170 valence electrons. The number of carbonyl (C=O) groups is 2. The Kier molecular flexibility index (Phi) is 6.74. The molecule has 34 heavy (non-hydrogen) atoms. The maximum absolute atomic E-state index is 13.0. The van der Waals surface area contributed by atoms with Crippen LogP contribution in [0, 0.1) is 0 Å². The number of rotatable bonds is 7. The molecule has 0 saturated heterocycles. The highest BCUT2D eigenvalue weighted by Crippen LogP contribution is 2.30. The van der Waals surface area contributed by atoms with E-state index in [2.05, 4.69) is 10.6 Å². The van der Waals surface area contributed by atoms with Crippen LogP contribution < -0.4 is 25.8 Å². The molecule has 7 heteroatoms. The standard InChI is InChI=1S/C27H23N3O4/c1-33-20-14-11-18(12-15-20)26(31)30-24-17-19(13-16-22(24)28)27(32)29-23-9-5-6-10-25(23)34-21-7-3-2-4-8-21/h2-17H,28H2,1H3,(H,29,32)(H,30,31). The number of nitrogen functional groups attached to an aromatic ring is 1. The minimum absolute atomic E-state index is 0.328. The van der Waals surface area contributed by atoms with Gasteiger partial charge in [-0.25, -0.2) is 0 Å². The lowest BCUT2D eigenvalue weighted by molar-refractivity contribution is 0.101. The molecule has 0 aliphatic rings. The number of para-hydroxylation sites is 3. The summed E-state index contributed by atoms with van der Waals surface area (Å²) in [6.45, 7) is 0. The maximum atomic E-state index is 13.0. The normalized spacial score (nSPS) is 10.3. The third-order valence-corrected chi connectivity index (χ3v) is 5.02. The van der Waals surface area contributed by atoms with Gasteiger partial charge in [0.1, 0.15) is 11.5 Å². The summed E-state index contributed by atoms with van der Waals surface area (Å²) in [6.07, 6.45) is 0. The Hall–Kier alpha value is -4.78. The Morgan fingerprint density at radius 3 is 2.03 bits per heavy atom. The van der Waals surface area contributed by atoms with E-state index in [4.69, 9.17) is 15.2 Å². The Bertz CT molecular complexity index is 1310. The van der Waals surface area contributed by atoms with Gasteiger partial charge in [0.05, 0.1) is 24.2 Å². The van der Waals surface area contributed by atoms with E-state index in [-0.39, 0.29) is 11.8 Å². The summed E-state index contributed by atoms with van der Waals surface area (Å²) >= 11 is 0. The lowest BCUT2D eigenvalue weighted by atomic mass is 10.1. The van der Waals surface area contributed by atoms with Crippen LogP contribution in [0.2, 0.25) is 0 Å². The molecule has 0 aliphatic carbocycles. The molecule has 0 heterocycles. The van der Waals surface area contributed by atoms with Crippen molar-refractivity contribution in [2.24, 2.45) is 0 Å². The zero-order valence-corrected chi connectivity index (χ0v) is 18.4. The van der Waals surface area contributed by atoms with Gasteiger partial charge in [-0.15, -0.1) is 0 Å². The fourth-order valence-electron chi connectivity index (χ4n) is 3.21. The maximum Gasteiger partial charge on any atom is 0.255 e. The molecule has 2 amide bonds. The number of nitrogens with one attached hydrogen (secondary N) is 2. The predicted molar refractivity (Wildman–Crippen MR) is 133 cm³/mol. The second-order valence-electron chi connectivity index (χ2n) is 7.35. The Labute approximate surface area is 197 Å². The Morgan fingerprint density at radius 2 is 1.29 bits per heavy atom. The van der Waals surface area contributed by atoms with E-state index < -0.39 is 0 Å². The van der Waals surface area contributed by atoms with E-state index in [1.54, 1.807) is 61.7 Å². The minimum Gasteiger partial charge on any atom is -0.497 e. The van der Waals surface area contributed by atoms with Crippen LogP contribution in [0.5, 0.6) is 17.2 Å². The quantitative estimate of drug-likeness (QED) is 0.317. The number of benzene rings is 4. The first-order valence-electron chi connectivity index (χ1n) is 10.5. The molecule has 0 fully saturated rings. The van der Waals surface area contributed by atoms with Crippen LogP contribution in [0.15, 0.2) is 97.1 Å². The number of ether oxygens (including phenoxy) is 2. The Balaban J connectivity index is 1.50. The van der Waals surface area contributed by atoms with Gasteiger partial charge in [0.2, 0.25) is 0 Å². The predicted octanol–water partition coefficient (Wildman–Crippen LogP) is 5.57. The van der Waals surface area contributed by atoms with E-state index in [0.29, 0.717) is 45.4 Å². The fraction of sp³-hybridized carbons (Fsp3) is 0.0370. The average molecular weight is 453 g/mol. The second kappa shape index (κ2) is 10.2. The van der Waals surface area contributed by atoms with Crippen LogP contribution in [0.25, 0.3) is 0 Å². The van der Waals surface area contributed by atoms with Crippen molar-refractivity contribution >= 4 is 28.9 Å². The summed E-state index contributed by atoms with van der Waals surface area (Å²) in [5, 5.41) is 5.62. The van der Waals surface area contributed by atoms with Gasteiger partial charge < -0.3 is 25.8 Å². The lowest BCUT2D eigenvalue weighted by Gasteiger charge is -2.14. The SMILES string of the molecule is COc1ccc(C(=O)Nc2cc(C(=O)Nc3ccccc3Oc3ccccc3)ccc2N)cc1. The molecule has 7 nitrogen and oxygen atoms in total. The third-order valence-electron chi connectivity index (χ3n) is 5.02. The highest BCUT2D eigenvalue weighted by atomic mass is 16.5. The second-order valence-corrected chi connectivity index (χ2v) is 7.35. The highest BCUT2D eigenvalue weighted by Gasteiger charge is 2.14. The molecule has 4 aromatic rings. The van der Waals surface area contributed by atoms with E-state index in [9.17, 15) is 9.59 Å². The first kappa shape index (κ1) is 22.4. The van der Waals surface area contributed by atoms with Gasteiger partial charge in [-0.2, -0.15) is 0 Å². The summed E-state index contributed by atoms with van der Waals surface area (Å²) in [5.74, 6) is 1.08. The molecule has 4 rings (SSSR count). The number of nitrogens with two attached hydrogens (primary N) is 1. The number of amides is 2. The molecule has 0 spiro atoms. The van der Waals surface area contributed by atoms with Crippen LogP contribution in [0.1, 0.15) is 20.7 Å². The summed E-state index contributed by atoms with van der Waals surface area (Å²) in [5.41, 5.74) is 7.98. The molecular weight excluding hydrogens is 430 g/mol. The van der Waals surface area contributed by atoms with Crippen LogP contribution in [-0.4, -0.2) is 18.9 Å². The zero-order chi connectivity index (χ0) is 23.9. The third kappa shape index (κ3) is 5.34. The summed E-state index contributed by atoms with van der Waals surface area (Å²) < 4.78 is 11.0. The van der Waals surface area contributed by atoms with E-state index in [1.807, 2.05) is 36.4 Å². The van der Waals surface area contributed by atoms with Gasteiger partial charge in [-0.3, -0.25) is 9.59 Å². The van der Waals surface area contributed by atoms with E-state index >= 15 is 0 Å². The zero-order valence-electron chi connectivity index (χ0n) is 18.4. The van der Waals surface area contributed by atoms with Crippen molar-refractivity contribution in [3.05, 3.63) is 108 Å². The fourth-order valence-corrected chi connectivity index (χ4v) is 3.21. The van der Waals surface area contributed by atoms with Crippen molar-refractivity contribution in [2.75, 3.05) is 23.5 Å². The van der Waals surface area contributed by atoms with E-state index in [0.717, 1.165) is 0 Å². The molecule has 0 aromatic heterocycles.